The molecule has 0 aliphatic heterocycles. The summed E-state index contributed by atoms with van der Waals surface area (Å²) in [5.41, 5.74) is 0. The Kier molecular flexibility index (Phi) is 5.50. The SMILES string of the molecule is CC(Sc1ccccc1Cl)C(=O)N(C)CC(=O)O. The number of carbonyl (C=O) groups excluding carboxylic acids is 1. The molecule has 1 N–H and O–H groups in total. The van der Waals surface area contributed by atoms with Crippen LogP contribution >= 0.6 is 23.4 Å². The fourth-order valence-electron chi connectivity index (χ4n) is 1.37. The van der Waals surface area contributed by atoms with Gasteiger partial charge in [-0.2, -0.15) is 0 Å². The van der Waals surface area contributed by atoms with E-state index < -0.39 is 5.97 Å². The molecule has 1 aromatic carbocycles. The van der Waals surface area contributed by atoms with E-state index in [4.69, 9.17) is 16.7 Å². The van der Waals surface area contributed by atoms with Gasteiger partial charge in [0.05, 0.1) is 10.3 Å². The van der Waals surface area contributed by atoms with E-state index >= 15 is 0 Å². The predicted octanol–water partition coefficient (Wildman–Crippen LogP) is 2.36. The maximum Gasteiger partial charge on any atom is 0.323 e. The number of nitrogens with zero attached hydrogens (tertiary/aromatic N) is 1. The van der Waals surface area contributed by atoms with Gasteiger partial charge in [0, 0.05) is 11.9 Å². The molecular formula is C12H14ClNO3S. The van der Waals surface area contributed by atoms with Crippen molar-refractivity contribution < 1.29 is 14.7 Å². The van der Waals surface area contributed by atoms with Crippen LogP contribution < -0.4 is 0 Å². The largest absolute Gasteiger partial charge is 0.480 e. The summed E-state index contributed by atoms with van der Waals surface area (Å²) in [5, 5.41) is 8.83. The molecule has 6 heteroatoms. The summed E-state index contributed by atoms with van der Waals surface area (Å²) in [6.45, 7) is 1.43. The Morgan fingerprint density at radius 2 is 2.06 bits per heavy atom. The van der Waals surface area contributed by atoms with Gasteiger partial charge < -0.3 is 10.0 Å². The van der Waals surface area contributed by atoms with E-state index in [2.05, 4.69) is 0 Å². The summed E-state index contributed by atoms with van der Waals surface area (Å²) in [4.78, 5) is 24.4. The second-order valence-corrected chi connectivity index (χ2v) is 5.57. The van der Waals surface area contributed by atoms with Crippen molar-refractivity contribution >= 4 is 35.2 Å². The third-order valence-corrected chi connectivity index (χ3v) is 3.84. The molecular weight excluding hydrogens is 274 g/mol. The zero-order chi connectivity index (χ0) is 13.7. The number of likely N-dealkylation sites (N-methyl/N-ethyl adjacent to an activating group) is 1. The van der Waals surface area contributed by atoms with Crippen molar-refractivity contribution in [3.63, 3.8) is 0 Å². The molecule has 0 bridgehead atoms. The van der Waals surface area contributed by atoms with E-state index in [-0.39, 0.29) is 17.7 Å². The molecule has 0 aromatic heterocycles. The molecule has 0 saturated carbocycles. The number of thioether (sulfide) groups is 1. The first-order chi connectivity index (χ1) is 8.41. The average molecular weight is 288 g/mol. The quantitative estimate of drug-likeness (QED) is 0.845. The van der Waals surface area contributed by atoms with Crippen LogP contribution in [0.25, 0.3) is 0 Å². The van der Waals surface area contributed by atoms with E-state index in [0.29, 0.717) is 5.02 Å². The third kappa shape index (κ3) is 4.23. The van der Waals surface area contributed by atoms with Crippen molar-refractivity contribution in [3.8, 4) is 0 Å². The van der Waals surface area contributed by atoms with Crippen LogP contribution in [-0.2, 0) is 9.59 Å². The van der Waals surface area contributed by atoms with Gasteiger partial charge in [0.2, 0.25) is 5.91 Å². The first-order valence-corrected chi connectivity index (χ1v) is 6.55. The standard InChI is InChI=1S/C12H14ClNO3S/c1-8(12(17)14(2)7-11(15)16)18-10-6-4-3-5-9(10)13/h3-6,8H,7H2,1-2H3,(H,15,16). The van der Waals surface area contributed by atoms with E-state index in [0.717, 1.165) is 4.90 Å². The van der Waals surface area contributed by atoms with Crippen molar-refractivity contribution in [1.29, 1.82) is 0 Å². The van der Waals surface area contributed by atoms with Gasteiger partial charge >= 0.3 is 5.97 Å². The van der Waals surface area contributed by atoms with Crippen molar-refractivity contribution in [3.05, 3.63) is 29.3 Å². The minimum Gasteiger partial charge on any atom is -0.480 e. The molecule has 18 heavy (non-hydrogen) atoms. The predicted molar refractivity (Wildman–Crippen MR) is 72.0 cm³/mol. The van der Waals surface area contributed by atoms with Crippen LogP contribution in [0.2, 0.25) is 5.02 Å². The van der Waals surface area contributed by atoms with Crippen molar-refractivity contribution in [1.82, 2.24) is 4.90 Å². The Morgan fingerprint density at radius 3 is 2.61 bits per heavy atom. The van der Waals surface area contributed by atoms with Gasteiger partial charge in [-0.15, -0.1) is 11.8 Å². The van der Waals surface area contributed by atoms with Crippen LogP contribution in [0.3, 0.4) is 0 Å². The fraction of sp³-hybridized carbons (Fsp3) is 0.333. The zero-order valence-corrected chi connectivity index (χ0v) is 11.7. The van der Waals surface area contributed by atoms with Crippen LogP contribution in [-0.4, -0.2) is 40.7 Å². The second kappa shape index (κ2) is 6.66. The molecule has 1 aromatic rings. The molecule has 1 amide bonds. The maximum absolute atomic E-state index is 11.9. The Balaban J connectivity index is 2.65. The lowest BCUT2D eigenvalue weighted by Crippen LogP contribution is -2.36. The normalized spacial score (nSPS) is 11.9. The van der Waals surface area contributed by atoms with Gasteiger partial charge in [0.15, 0.2) is 0 Å². The van der Waals surface area contributed by atoms with Crippen molar-refractivity contribution in [2.75, 3.05) is 13.6 Å². The van der Waals surface area contributed by atoms with E-state index in [1.54, 1.807) is 13.0 Å². The lowest BCUT2D eigenvalue weighted by molar-refractivity contribution is -0.143. The second-order valence-electron chi connectivity index (χ2n) is 3.78. The minimum atomic E-state index is -1.03. The van der Waals surface area contributed by atoms with Gasteiger partial charge in [0.1, 0.15) is 6.54 Å². The summed E-state index contributed by atoms with van der Waals surface area (Å²) in [7, 11) is 1.47. The van der Waals surface area contributed by atoms with Crippen LogP contribution in [0.5, 0.6) is 0 Å². The monoisotopic (exact) mass is 287 g/mol. The number of carboxylic acid groups (broad SMARTS) is 1. The van der Waals surface area contributed by atoms with Crippen molar-refractivity contribution in [2.24, 2.45) is 0 Å². The van der Waals surface area contributed by atoms with Crippen LogP contribution in [0.4, 0.5) is 0 Å². The molecule has 1 rings (SSSR count). The number of carboxylic acids is 1. The average Bonchev–Trinajstić information content (AvgIpc) is 2.30. The first-order valence-electron chi connectivity index (χ1n) is 5.29. The summed E-state index contributed by atoms with van der Waals surface area (Å²) < 4.78 is 0. The third-order valence-electron chi connectivity index (χ3n) is 2.24. The number of carbonyl (C=O) groups is 2. The maximum atomic E-state index is 11.9. The number of aliphatic carboxylic acids is 1. The summed E-state index contributed by atoms with van der Waals surface area (Å²) in [5.74, 6) is -1.26. The highest BCUT2D eigenvalue weighted by Crippen LogP contribution is 2.30. The Bertz CT molecular complexity index is 453. The van der Waals surface area contributed by atoms with Crippen LogP contribution in [0.15, 0.2) is 29.2 Å². The highest BCUT2D eigenvalue weighted by atomic mass is 35.5. The van der Waals surface area contributed by atoms with Crippen LogP contribution in [0.1, 0.15) is 6.92 Å². The van der Waals surface area contributed by atoms with Gasteiger partial charge in [-0.05, 0) is 19.1 Å². The first kappa shape index (κ1) is 14.9. The zero-order valence-electron chi connectivity index (χ0n) is 10.1. The van der Waals surface area contributed by atoms with E-state index in [1.807, 2.05) is 18.2 Å². The minimum absolute atomic E-state index is 0.234. The molecule has 0 heterocycles. The van der Waals surface area contributed by atoms with E-state index in [9.17, 15) is 9.59 Å². The number of rotatable bonds is 5. The van der Waals surface area contributed by atoms with Gasteiger partial charge in [-0.1, -0.05) is 23.7 Å². The molecule has 1 atom stereocenters. The topological polar surface area (TPSA) is 57.6 Å². The number of hydrogen-bond donors (Lipinski definition) is 1. The molecule has 4 nitrogen and oxygen atoms in total. The highest BCUT2D eigenvalue weighted by Gasteiger charge is 2.20. The number of hydrogen-bond acceptors (Lipinski definition) is 3. The molecule has 0 aliphatic rings. The fourth-order valence-corrected chi connectivity index (χ4v) is 2.64. The Labute approximate surface area is 115 Å². The van der Waals surface area contributed by atoms with Gasteiger partial charge in [-0.25, -0.2) is 0 Å². The number of amides is 1. The lowest BCUT2D eigenvalue weighted by atomic mass is 10.4. The molecule has 0 spiro atoms. The van der Waals surface area contributed by atoms with Gasteiger partial charge in [-0.3, -0.25) is 9.59 Å². The summed E-state index contributed by atoms with van der Waals surface area (Å²) >= 11 is 7.31. The molecule has 0 aliphatic carbocycles. The number of halogens is 1. The van der Waals surface area contributed by atoms with E-state index in [1.165, 1.54) is 23.7 Å². The highest BCUT2D eigenvalue weighted by molar-refractivity contribution is 8.00. The van der Waals surface area contributed by atoms with Gasteiger partial charge in [0.25, 0.3) is 0 Å². The lowest BCUT2D eigenvalue weighted by Gasteiger charge is -2.19. The smallest absolute Gasteiger partial charge is 0.323 e. The molecule has 0 radical (unpaired) electrons. The van der Waals surface area contributed by atoms with Crippen molar-refractivity contribution in [2.45, 2.75) is 17.1 Å². The van der Waals surface area contributed by atoms with Crippen LogP contribution in [0, 0.1) is 0 Å². The molecule has 0 fully saturated rings. The molecule has 1 unspecified atom stereocenters. The Hall–Kier alpha value is -1.20. The Morgan fingerprint density at radius 1 is 1.44 bits per heavy atom. The number of benzene rings is 1. The summed E-state index contributed by atoms with van der Waals surface area (Å²) in [6, 6.07) is 7.23. The molecule has 98 valence electrons. The molecule has 0 saturated heterocycles. The summed E-state index contributed by atoms with van der Waals surface area (Å²) in [6.07, 6.45) is 0.